The number of halogens is 1. The van der Waals surface area contributed by atoms with Crippen LogP contribution in [0.15, 0.2) is 42.6 Å². The number of hydrogen-bond donors (Lipinski definition) is 0. The number of para-hydroxylation sites is 1. The molecule has 0 saturated heterocycles. The summed E-state index contributed by atoms with van der Waals surface area (Å²) in [7, 11) is 2.06. The van der Waals surface area contributed by atoms with E-state index in [1.54, 1.807) is 0 Å². The summed E-state index contributed by atoms with van der Waals surface area (Å²) in [6, 6.07) is 12.4. The van der Waals surface area contributed by atoms with Crippen molar-refractivity contribution in [1.82, 2.24) is 4.68 Å². The van der Waals surface area contributed by atoms with E-state index < -0.39 is 0 Å². The molecular formula is C11H13IN2. The highest BCUT2D eigenvalue weighted by atomic mass is 127. The van der Waals surface area contributed by atoms with Gasteiger partial charge >= 0.3 is 0 Å². The lowest BCUT2D eigenvalue weighted by molar-refractivity contribution is -0.683. The van der Waals surface area contributed by atoms with E-state index in [-0.39, 0.29) is 24.0 Å². The van der Waals surface area contributed by atoms with E-state index in [9.17, 15) is 0 Å². The Hall–Kier alpha value is -0.840. The molecule has 14 heavy (non-hydrogen) atoms. The first-order chi connectivity index (χ1) is 6.29. The van der Waals surface area contributed by atoms with Gasteiger partial charge in [0, 0.05) is 18.2 Å². The van der Waals surface area contributed by atoms with E-state index in [2.05, 4.69) is 47.7 Å². The van der Waals surface area contributed by atoms with E-state index in [1.165, 1.54) is 11.4 Å². The van der Waals surface area contributed by atoms with Crippen molar-refractivity contribution in [3.8, 4) is 5.69 Å². The zero-order chi connectivity index (χ0) is 9.26. The van der Waals surface area contributed by atoms with Crippen molar-refractivity contribution in [3.05, 3.63) is 48.3 Å². The quantitative estimate of drug-likeness (QED) is 0.453. The fraction of sp³-hybridized carbons (Fsp3) is 0.182. The van der Waals surface area contributed by atoms with Crippen LogP contribution in [0.1, 0.15) is 5.69 Å². The Balaban J connectivity index is 0.000000980. The molecule has 0 spiro atoms. The lowest BCUT2D eigenvalue weighted by Crippen LogP contribution is -3.00. The number of benzene rings is 1. The predicted molar refractivity (Wildman–Crippen MR) is 51.7 cm³/mol. The van der Waals surface area contributed by atoms with Crippen molar-refractivity contribution >= 4 is 0 Å². The van der Waals surface area contributed by atoms with Gasteiger partial charge in [-0.05, 0) is 6.92 Å². The minimum Gasteiger partial charge on any atom is -1.00 e. The first kappa shape index (κ1) is 11.2. The lowest BCUT2D eigenvalue weighted by Gasteiger charge is -1.96. The van der Waals surface area contributed by atoms with Crippen LogP contribution < -0.4 is 28.7 Å². The lowest BCUT2D eigenvalue weighted by atomic mass is 10.3. The molecule has 2 nitrogen and oxygen atoms in total. The topological polar surface area (TPSA) is 8.81 Å². The molecule has 0 unspecified atom stereocenters. The fourth-order valence-electron chi connectivity index (χ4n) is 1.40. The second-order valence-electron chi connectivity index (χ2n) is 3.16. The predicted octanol–water partition coefficient (Wildman–Crippen LogP) is -1.39. The van der Waals surface area contributed by atoms with Crippen LogP contribution >= 0.6 is 0 Å². The van der Waals surface area contributed by atoms with Gasteiger partial charge in [-0.25, -0.2) is 0 Å². The monoisotopic (exact) mass is 300 g/mol. The van der Waals surface area contributed by atoms with E-state index >= 15 is 0 Å². The van der Waals surface area contributed by atoms with E-state index in [4.69, 9.17) is 0 Å². The zero-order valence-corrected chi connectivity index (χ0v) is 10.5. The molecule has 0 atom stereocenters. The van der Waals surface area contributed by atoms with Gasteiger partial charge in [0.2, 0.25) is 11.9 Å². The third kappa shape index (κ3) is 1.97. The van der Waals surface area contributed by atoms with Gasteiger partial charge in [-0.3, -0.25) is 0 Å². The van der Waals surface area contributed by atoms with Gasteiger partial charge in [-0.1, -0.05) is 22.9 Å². The number of nitrogens with zero attached hydrogens (tertiary/aromatic N) is 2. The van der Waals surface area contributed by atoms with Crippen molar-refractivity contribution in [2.75, 3.05) is 0 Å². The molecule has 0 amide bonds. The molecule has 1 aromatic carbocycles. The Morgan fingerprint density at radius 3 is 2.21 bits per heavy atom. The van der Waals surface area contributed by atoms with Gasteiger partial charge in [0.15, 0.2) is 0 Å². The number of aryl methyl sites for hydroxylation is 1. The third-order valence-corrected chi connectivity index (χ3v) is 2.31. The molecule has 0 aliphatic heterocycles. The van der Waals surface area contributed by atoms with Crippen LogP contribution in [0.5, 0.6) is 0 Å². The zero-order valence-electron chi connectivity index (χ0n) is 8.31. The average Bonchev–Trinajstić information content (AvgIpc) is 2.49. The third-order valence-electron chi connectivity index (χ3n) is 2.31. The molecule has 2 aromatic rings. The second kappa shape index (κ2) is 4.59. The maximum atomic E-state index is 2.12. The summed E-state index contributed by atoms with van der Waals surface area (Å²) in [4.78, 5) is 0. The highest BCUT2D eigenvalue weighted by Crippen LogP contribution is 1.99. The smallest absolute Gasteiger partial charge is 0.235 e. The van der Waals surface area contributed by atoms with Crippen LogP contribution in [0.3, 0.4) is 0 Å². The Morgan fingerprint density at radius 2 is 1.71 bits per heavy atom. The molecule has 1 heterocycles. The largest absolute Gasteiger partial charge is 1.00 e. The van der Waals surface area contributed by atoms with Crippen molar-refractivity contribution in [2.24, 2.45) is 7.05 Å². The summed E-state index contributed by atoms with van der Waals surface area (Å²) in [6.45, 7) is 2.10. The molecule has 0 aliphatic carbocycles. The Labute approximate surface area is 101 Å². The molecule has 1 aromatic heterocycles. The summed E-state index contributed by atoms with van der Waals surface area (Å²) < 4.78 is 4.24. The molecule has 0 saturated carbocycles. The van der Waals surface area contributed by atoms with Crippen LogP contribution in [0, 0.1) is 6.92 Å². The maximum Gasteiger partial charge on any atom is 0.235 e. The van der Waals surface area contributed by atoms with Gasteiger partial charge in [0.25, 0.3) is 0 Å². The van der Waals surface area contributed by atoms with Gasteiger partial charge in [0.1, 0.15) is 0 Å². The first-order valence-electron chi connectivity index (χ1n) is 4.39. The number of aromatic nitrogens is 2. The van der Waals surface area contributed by atoms with Crippen LogP contribution in [0.25, 0.3) is 5.69 Å². The SMILES string of the molecule is Cc1cc[n+](-c2ccccc2)n1C.[I-]. The van der Waals surface area contributed by atoms with Gasteiger partial charge < -0.3 is 24.0 Å². The normalized spacial score (nSPS) is 9.57. The summed E-state index contributed by atoms with van der Waals surface area (Å²) in [5, 5.41) is 0. The molecule has 0 N–H and O–H groups in total. The van der Waals surface area contributed by atoms with Crippen molar-refractivity contribution in [3.63, 3.8) is 0 Å². The summed E-state index contributed by atoms with van der Waals surface area (Å²) >= 11 is 0. The number of hydrogen-bond acceptors (Lipinski definition) is 0. The Kier molecular flexibility index (Phi) is 3.69. The molecule has 3 heteroatoms. The van der Waals surface area contributed by atoms with Gasteiger partial charge in [-0.15, -0.1) is 0 Å². The highest BCUT2D eigenvalue weighted by Gasteiger charge is 2.10. The van der Waals surface area contributed by atoms with Crippen LogP contribution in [-0.2, 0) is 7.05 Å². The number of rotatable bonds is 1. The minimum atomic E-state index is 0. The van der Waals surface area contributed by atoms with Crippen molar-refractivity contribution in [2.45, 2.75) is 6.92 Å². The molecule has 2 rings (SSSR count). The summed E-state index contributed by atoms with van der Waals surface area (Å²) in [5.74, 6) is 0. The van der Waals surface area contributed by atoms with Crippen LogP contribution in [0.2, 0.25) is 0 Å². The van der Waals surface area contributed by atoms with E-state index in [0.29, 0.717) is 0 Å². The van der Waals surface area contributed by atoms with Gasteiger partial charge in [0.05, 0.1) is 12.7 Å². The molecule has 0 radical (unpaired) electrons. The standard InChI is InChI=1S/C11H13N2.HI/c1-10-8-9-13(12(10)2)11-6-4-3-5-7-11;/h3-9H,1-2H3;1H/q+1;/p-1. The first-order valence-corrected chi connectivity index (χ1v) is 4.39. The Morgan fingerprint density at radius 1 is 1.07 bits per heavy atom. The second-order valence-corrected chi connectivity index (χ2v) is 3.16. The summed E-state index contributed by atoms with van der Waals surface area (Å²) in [5.41, 5.74) is 2.45. The van der Waals surface area contributed by atoms with Crippen LogP contribution in [-0.4, -0.2) is 4.68 Å². The molecule has 0 aliphatic rings. The minimum absolute atomic E-state index is 0. The van der Waals surface area contributed by atoms with Gasteiger partial charge in [-0.2, -0.15) is 4.68 Å². The maximum absolute atomic E-state index is 2.12. The van der Waals surface area contributed by atoms with Crippen LogP contribution in [0.4, 0.5) is 0 Å². The Bertz CT molecular complexity index is 406. The van der Waals surface area contributed by atoms with Crippen molar-refractivity contribution < 1.29 is 28.7 Å². The fourth-order valence-corrected chi connectivity index (χ4v) is 1.40. The van der Waals surface area contributed by atoms with E-state index in [1.807, 2.05) is 18.2 Å². The molecule has 0 fully saturated rings. The molecule has 0 bridgehead atoms. The molecular weight excluding hydrogens is 287 g/mol. The van der Waals surface area contributed by atoms with Crippen molar-refractivity contribution in [1.29, 1.82) is 0 Å². The summed E-state index contributed by atoms with van der Waals surface area (Å²) in [6.07, 6.45) is 2.07. The molecule has 74 valence electrons. The van der Waals surface area contributed by atoms with E-state index in [0.717, 1.165) is 0 Å². The average molecular weight is 300 g/mol. The highest BCUT2D eigenvalue weighted by molar-refractivity contribution is 5.21.